The number of fused-ring (bicyclic) bond motifs is 1. The van der Waals surface area contributed by atoms with Gasteiger partial charge in [-0.05, 0) is 32.9 Å². The number of hydrogen-bond donors (Lipinski definition) is 2. The predicted octanol–water partition coefficient (Wildman–Crippen LogP) is 3.58. The minimum atomic E-state index is -4.55. The second kappa shape index (κ2) is 6.06. The third-order valence-electron chi connectivity index (χ3n) is 2.96. The van der Waals surface area contributed by atoms with E-state index in [9.17, 15) is 18.0 Å². The van der Waals surface area contributed by atoms with Crippen molar-refractivity contribution >= 4 is 22.5 Å². The summed E-state index contributed by atoms with van der Waals surface area (Å²) >= 11 is 0. The Morgan fingerprint density at radius 1 is 1.17 bits per heavy atom. The average Bonchev–Trinajstić information content (AvgIpc) is 2.41. The van der Waals surface area contributed by atoms with Gasteiger partial charge in [0.25, 0.3) is 0 Å². The van der Waals surface area contributed by atoms with Crippen molar-refractivity contribution in [2.24, 2.45) is 0 Å². The number of carbonyl (C=O) groups is 1. The van der Waals surface area contributed by atoms with E-state index in [1.165, 1.54) is 6.07 Å². The number of nitrogens with one attached hydrogen (secondary N) is 2. The fourth-order valence-corrected chi connectivity index (χ4v) is 2.10. The lowest BCUT2D eigenvalue weighted by molar-refractivity contribution is -0.140. The minimum Gasteiger partial charge on any atom is -0.376 e. The number of amides is 1. The van der Waals surface area contributed by atoms with Crippen LogP contribution >= 0.6 is 0 Å². The molecule has 0 aliphatic carbocycles. The van der Waals surface area contributed by atoms with Gasteiger partial charge < -0.3 is 10.6 Å². The van der Waals surface area contributed by atoms with Crippen LogP contribution in [0.2, 0.25) is 0 Å². The SMILES string of the molecule is CC(C)(C)NC(=O)CNc1cc(C(F)(F)F)nc2ccccc12. The Kier molecular flexibility index (Phi) is 4.49. The summed E-state index contributed by atoms with van der Waals surface area (Å²) in [4.78, 5) is 15.5. The standard InChI is InChI=1S/C16H18F3N3O/c1-15(2,3)22-14(23)9-20-12-8-13(16(17,18)19)21-11-7-5-4-6-10(11)12/h4-8H,9H2,1-3H3,(H,20,21)(H,22,23). The highest BCUT2D eigenvalue weighted by atomic mass is 19.4. The van der Waals surface area contributed by atoms with Gasteiger partial charge in [-0.25, -0.2) is 4.98 Å². The molecule has 1 amide bonds. The molecule has 2 rings (SSSR count). The maximum atomic E-state index is 12.9. The molecule has 23 heavy (non-hydrogen) atoms. The molecule has 0 fully saturated rings. The number of aromatic nitrogens is 1. The Morgan fingerprint density at radius 2 is 1.83 bits per heavy atom. The van der Waals surface area contributed by atoms with Crippen LogP contribution in [0.1, 0.15) is 26.5 Å². The van der Waals surface area contributed by atoms with Gasteiger partial charge >= 0.3 is 6.18 Å². The quantitative estimate of drug-likeness (QED) is 0.907. The zero-order chi connectivity index (χ0) is 17.3. The average molecular weight is 325 g/mol. The lowest BCUT2D eigenvalue weighted by Crippen LogP contribution is -2.43. The van der Waals surface area contributed by atoms with Crippen molar-refractivity contribution in [3.8, 4) is 0 Å². The van der Waals surface area contributed by atoms with Crippen molar-refractivity contribution in [3.05, 3.63) is 36.0 Å². The highest BCUT2D eigenvalue weighted by Crippen LogP contribution is 2.32. The summed E-state index contributed by atoms with van der Waals surface area (Å²) in [6, 6.07) is 7.41. The lowest BCUT2D eigenvalue weighted by atomic mass is 10.1. The second-order valence-corrected chi connectivity index (χ2v) is 6.22. The highest BCUT2D eigenvalue weighted by molar-refractivity contribution is 5.93. The molecule has 0 bridgehead atoms. The van der Waals surface area contributed by atoms with E-state index in [4.69, 9.17) is 0 Å². The Morgan fingerprint density at radius 3 is 2.43 bits per heavy atom. The number of carbonyl (C=O) groups excluding carboxylic acids is 1. The maximum Gasteiger partial charge on any atom is 0.433 e. The number of alkyl halides is 3. The first-order valence-corrected chi connectivity index (χ1v) is 7.08. The molecular formula is C16H18F3N3O. The van der Waals surface area contributed by atoms with Crippen molar-refractivity contribution in [3.63, 3.8) is 0 Å². The molecular weight excluding hydrogens is 307 g/mol. The number of halogens is 3. The third-order valence-corrected chi connectivity index (χ3v) is 2.96. The Balaban J connectivity index is 2.30. The first kappa shape index (κ1) is 17.1. The molecule has 2 N–H and O–H groups in total. The molecule has 4 nitrogen and oxygen atoms in total. The van der Waals surface area contributed by atoms with Gasteiger partial charge in [-0.3, -0.25) is 4.79 Å². The van der Waals surface area contributed by atoms with Crippen LogP contribution in [0.4, 0.5) is 18.9 Å². The number of hydrogen-bond acceptors (Lipinski definition) is 3. The van der Waals surface area contributed by atoms with Crippen LogP contribution in [0, 0.1) is 0 Å². The molecule has 0 radical (unpaired) electrons. The number of para-hydroxylation sites is 1. The summed E-state index contributed by atoms with van der Waals surface area (Å²) < 4.78 is 38.8. The van der Waals surface area contributed by atoms with Crippen molar-refractivity contribution in [1.29, 1.82) is 0 Å². The maximum absolute atomic E-state index is 12.9. The molecule has 0 aliphatic rings. The van der Waals surface area contributed by atoms with Gasteiger partial charge in [0.05, 0.1) is 12.1 Å². The van der Waals surface area contributed by atoms with Gasteiger partial charge in [-0.1, -0.05) is 18.2 Å². The molecule has 1 aromatic carbocycles. The van der Waals surface area contributed by atoms with E-state index in [2.05, 4.69) is 15.6 Å². The van der Waals surface area contributed by atoms with E-state index in [1.54, 1.807) is 18.2 Å². The van der Waals surface area contributed by atoms with E-state index in [0.29, 0.717) is 5.39 Å². The van der Waals surface area contributed by atoms with Gasteiger partial charge in [-0.2, -0.15) is 13.2 Å². The largest absolute Gasteiger partial charge is 0.433 e. The molecule has 1 aromatic heterocycles. The highest BCUT2D eigenvalue weighted by Gasteiger charge is 2.33. The van der Waals surface area contributed by atoms with Gasteiger partial charge in [0.1, 0.15) is 5.69 Å². The summed E-state index contributed by atoms with van der Waals surface area (Å²) in [5.74, 6) is -0.299. The Labute approximate surface area is 132 Å². The second-order valence-electron chi connectivity index (χ2n) is 6.22. The van der Waals surface area contributed by atoms with Crippen molar-refractivity contribution in [2.45, 2.75) is 32.5 Å². The van der Waals surface area contributed by atoms with E-state index < -0.39 is 17.4 Å². The molecule has 0 aliphatic heterocycles. The molecule has 0 atom stereocenters. The molecule has 2 aromatic rings. The van der Waals surface area contributed by atoms with Crippen LogP contribution in [-0.4, -0.2) is 23.0 Å². The van der Waals surface area contributed by atoms with Crippen LogP contribution < -0.4 is 10.6 Å². The van der Waals surface area contributed by atoms with Crippen LogP contribution in [0.3, 0.4) is 0 Å². The fraction of sp³-hybridized carbons (Fsp3) is 0.375. The van der Waals surface area contributed by atoms with Gasteiger partial charge in [0, 0.05) is 16.6 Å². The lowest BCUT2D eigenvalue weighted by Gasteiger charge is -2.21. The normalized spacial score (nSPS) is 12.3. The third kappa shape index (κ3) is 4.58. The topological polar surface area (TPSA) is 54.0 Å². The van der Waals surface area contributed by atoms with Crippen molar-refractivity contribution in [2.75, 3.05) is 11.9 Å². The summed E-state index contributed by atoms with van der Waals surface area (Å²) in [7, 11) is 0. The molecule has 7 heteroatoms. The molecule has 1 heterocycles. The summed E-state index contributed by atoms with van der Waals surface area (Å²) in [5.41, 5.74) is -0.945. The van der Waals surface area contributed by atoms with Gasteiger partial charge in [0.15, 0.2) is 0 Å². The van der Waals surface area contributed by atoms with Crippen LogP contribution in [0.15, 0.2) is 30.3 Å². The smallest absolute Gasteiger partial charge is 0.376 e. The van der Waals surface area contributed by atoms with Crippen molar-refractivity contribution < 1.29 is 18.0 Å². The van der Waals surface area contributed by atoms with Crippen LogP contribution in [-0.2, 0) is 11.0 Å². The minimum absolute atomic E-state index is 0.122. The Bertz CT molecular complexity index is 721. The molecule has 0 unspecified atom stereocenters. The number of rotatable bonds is 3. The van der Waals surface area contributed by atoms with Gasteiger partial charge in [0.2, 0.25) is 5.91 Å². The number of pyridine rings is 1. The van der Waals surface area contributed by atoms with E-state index >= 15 is 0 Å². The molecule has 124 valence electrons. The molecule has 0 saturated carbocycles. The number of nitrogens with zero attached hydrogens (tertiary/aromatic N) is 1. The zero-order valence-corrected chi connectivity index (χ0v) is 13.1. The predicted molar refractivity (Wildman–Crippen MR) is 83.1 cm³/mol. The van der Waals surface area contributed by atoms with E-state index in [0.717, 1.165) is 6.07 Å². The van der Waals surface area contributed by atoms with Crippen LogP contribution in [0.5, 0.6) is 0 Å². The first-order valence-electron chi connectivity index (χ1n) is 7.08. The number of benzene rings is 1. The Hall–Kier alpha value is -2.31. The zero-order valence-electron chi connectivity index (χ0n) is 13.1. The van der Waals surface area contributed by atoms with E-state index in [-0.39, 0.29) is 23.7 Å². The fourth-order valence-electron chi connectivity index (χ4n) is 2.10. The summed E-state index contributed by atoms with van der Waals surface area (Å²) in [5, 5.41) is 6.05. The van der Waals surface area contributed by atoms with Crippen LogP contribution in [0.25, 0.3) is 10.9 Å². The van der Waals surface area contributed by atoms with Crippen molar-refractivity contribution in [1.82, 2.24) is 10.3 Å². The monoisotopic (exact) mass is 325 g/mol. The van der Waals surface area contributed by atoms with E-state index in [1.807, 2.05) is 20.8 Å². The number of anilines is 1. The molecule has 0 saturated heterocycles. The summed E-state index contributed by atoms with van der Waals surface area (Å²) in [6.45, 7) is 5.36. The van der Waals surface area contributed by atoms with Gasteiger partial charge in [-0.15, -0.1) is 0 Å². The molecule has 0 spiro atoms. The first-order chi connectivity index (χ1) is 10.6. The summed E-state index contributed by atoms with van der Waals surface area (Å²) in [6.07, 6.45) is -4.55.